The fourth-order valence-corrected chi connectivity index (χ4v) is 2.99. The zero-order valence-corrected chi connectivity index (χ0v) is 14.2. The number of nitrogens with zero attached hydrogens (tertiary/aromatic N) is 2. The van der Waals surface area contributed by atoms with Crippen LogP contribution < -0.4 is 5.32 Å². The van der Waals surface area contributed by atoms with Crippen LogP contribution >= 0.6 is 0 Å². The van der Waals surface area contributed by atoms with Gasteiger partial charge in [0.25, 0.3) is 0 Å². The van der Waals surface area contributed by atoms with Crippen molar-refractivity contribution in [1.29, 1.82) is 0 Å². The molecule has 0 radical (unpaired) electrons. The van der Waals surface area contributed by atoms with Crippen LogP contribution in [0.1, 0.15) is 52.9 Å². The highest BCUT2D eigenvalue weighted by Gasteiger charge is 2.42. The van der Waals surface area contributed by atoms with Gasteiger partial charge in [-0.1, -0.05) is 6.92 Å². The molecule has 1 aliphatic heterocycles. The Morgan fingerprint density at radius 1 is 1.29 bits per heavy atom. The Morgan fingerprint density at radius 2 is 2.00 bits per heavy atom. The van der Waals surface area contributed by atoms with Gasteiger partial charge in [0.1, 0.15) is 0 Å². The summed E-state index contributed by atoms with van der Waals surface area (Å²) in [6.07, 6.45) is 6.39. The molecule has 0 unspecified atom stereocenters. The van der Waals surface area contributed by atoms with E-state index in [1.54, 1.807) is 0 Å². The lowest BCUT2D eigenvalue weighted by Gasteiger charge is -2.33. The van der Waals surface area contributed by atoms with Crippen LogP contribution in [0.25, 0.3) is 0 Å². The Hall–Kier alpha value is -0.770. The zero-order valence-electron chi connectivity index (χ0n) is 14.2. The summed E-state index contributed by atoms with van der Waals surface area (Å²) in [4.78, 5) is 7.40. The van der Waals surface area contributed by atoms with Gasteiger partial charge in [-0.05, 0) is 57.3 Å². The highest BCUT2D eigenvalue weighted by molar-refractivity contribution is 5.80. The number of nitrogens with one attached hydrogen (secondary N) is 1. The molecule has 4 heteroatoms. The summed E-state index contributed by atoms with van der Waals surface area (Å²) in [7, 11) is 0. The maximum absolute atomic E-state index is 5.52. The van der Waals surface area contributed by atoms with Gasteiger partial charge in [0.2, 0.25) is 0 Å². The average Bonchev–Trinajstić information content (AvgIpc) is 3.25. The number of rotatable bonds is 7. The highest BCUT2D eigenvalue weighted by atomic mass is 16.5. The number of aliphatic imine (C=N–C) groups is 1. The molecule has 1 saturated heterocycles. The van der Waals surface area contributed by atoms with Crippen LogP contribution in [0, 0.1) is 11.3 Å². The first-order valence-corrected chi connectivity index (χ1v) is 8.80. The number of piperidine rings is 1. The van der Waals surface area contributed by atoms with Crippen molar-refractivity contribution in [3.8, 4) is 0 Å². The Morgan fingerprint density at radius 3 is 2.57 bits per heavy atom. The summed E-state index contributed by atoms with van der Waals surface area (Å²) in [5.41, 5.74) is 0.443. The molecule has 21 heavy (non-hydrogen) atoms. The summed E-state index contributed by atoms with van der Waals surface area (Å²) in [5.74, 6) is 2.00. The number of hydrogen-bond donors (Lipinski definition) is 1. The molecule has 0 amide bonds. The number of hydrogen-bond acceptors (Lipinski definition) is 2. The smallest absolute Gasteiger partial charge is 0.193 e. The predicted molar refractivity (Wildman–Crippen MR) is 88.7 cm³/mol. The molecule has 2 aliphatic rings. The second-order valence-electron chi connectivity index (χ2n) is 6.79. The van der Waals surface area contributed by atoms with Gasteiger partial charge in [-0.15, -0.1) is 0 Å². The topological polar surface area (TPSA) is 36.9 Å². The number of guanidine groups is 1. The molecule has 1 N–H and O–H groups in total. The maximum atomic E-state index is 5.52. The molecule has 0 aromatic rings. The summed E-state index contributed by atoms with van der Waals surface area (Å²) in [5, 5.41) is 3.48. The maximum Gasteiger partial charge on any atom is 0.193 e. The zero-order chi connectivity index (χ0) is 15.1. The van der Waals surface area contributed by atoms with E-state index < -0.39 is 0 Å². The van der Waals surface area contributed by atoms with Gasteiger partial charge in [0.05, 0.1) is 0 Å². The van der Waals surface area contributed by atoms with Crippen LogP contribution in [0.2, 0.25) is 0 Å². The number of likely N-dealkylation sites (tertiary alicyclic amines) is 1. The molecule has 0 atom stereocenters. The molecule has 122 valence electrons. The predicted octanol–water partition coefficient (Wildman–Crippen LogP) is 2.89. The SMILES string of the molecule is CCNC(=NCC1(CCOCC)CC1)N1CCC(C)CC1. The first-order chi connectivity index (χ1) is 10.2. The lowest BCUT2D eigenvalue weighted by Crippen LogP contribution is -2.45. The van der Waals surface area contributed by atoms with E-state index in [2.05, 4.69) is 31.0 Å². The Kier molecular flexibility index (Phi) is 6.34. The van der Waals surface area contributed by atoms with Crippen molar-refractivity contribution in [2.24, 2.45) is 16.3 Å². The third-order valence-electron chi connectivity index (χ3n) is 4.92. The van der Waals surface area contributed by atoms with Gasteiger partial charge in [-0.2, -0.15) is 0 Å². The van der Waals surface area contributed by atoms with Crippen molar-refractivity contribution in [2.75, 3.05) is 39.4 Å². The van der Waals surface area contributed by atoms with Crippen molar-refractivity contribution in [1.82, 2.24) is 10.2 Å². The van der Waals surface area contributed by atoms with Crippen molar-refractivity contribution < 1.29 is 4.74 Å². The van der Waals surface area contributed by atoms with Gasteiger partial charge in [0, 0.05) is 39.4 Å². The summed E-state index contributed by atoms with van der Waals surface area (Å²) < 4.78 is 5.52. The van der Waals surface area contributed by atoms with E-state index in [4.69, 9.17) is 9.73 Å². The summed E-state index contributed by atoms with van der Waals surface area (Å²) in [6, 6.07) is 0. The molecule has 0 aromatic heterocycles. The summed E-state index contributed by atoms with van der Waals surface area (Å²) in [6.45, 7) is 12.5. The molecule has 2 fully saturated rings. The van der Waals surface area contributed by atoms with E-state index in [9.17, 15) is 0 Å². The van der Waals surface area contributed by atoms with Crippen molar-refractivity contribution in [3.63, 3.8) is 0 Å². The van der Waals surface area contributed by atoms with Gasteiger partial charge in [-0.25, -0.2) is 0 Å². The van der Waals surface area contributed by atoms with Crippen LogP contribution in [-0.4, -0.2) is 50.3 Å². The normalized spacial score (nSPS) is 22.4. The highest BCUT2D eigenvalue weighted by Crippen LogP contribution is 2.49. The van der Waals surface area contributed by atoms with Crippen LogP contribution in [0.15, 0.2) is 4.99 Å². The lowest BCUT2D eigenvalue weighted by atomic mass is 9.99. The van der Waals surface area contributed by atoms with E-state index in [0.717, 1.165) is 51.3 Å². The molecular weight excluding hydrogens is 262 g/mol. The minimum atomic E-state index is 0.443. The van der Waals surface area contributed by atoms with E-state index in [1.165, 1.54) is 32.1 Å². The molecule has 1 aliphatic carbocycles. The lowest BCUT2D eigenvalue weighted by molar-refractivity contribution is 0.129. The Labute approximate surface area is 130 Å². The van der Waals surface area contributed by atoms with Gasteiger partial charge >= 0.3 is 0 Å². The first kappa shape index (κ1) is 16.6. The fraction of sp³-hybridized carbons (Fsp3) is 0.941. The van der Waals surface area contributed by atoms with Crippen molar-refractivity contribution in [2.45, 2.75) is 52.9 Å². The van der Waals surface area contributed by atoms with Crippen LogP contribution in [-0.2, 0) is 4.74 Å². The summed E-state index contributed by atoms with van der Waals surface area (Å²) >= 11 is 0. The van der Waals surface area contributed by atoms with Crippen LogP contribution in [0.5, 0.6) is 0 Å². The quantitative estimate of drug-likeness (QED) is 0.446. The molecule has 0 spiro atoms. The van der Waals surface area contributed by atoms with E-state index in [-0.39, 0.29) is 0 Å². The second kappa shape index (κ2) is 8.02. The molecule has 1 saturated carbocycles. The van der Waals surface area contributed by atoms with E-state index >= 15 is 0 Å². The average molecular weight is 295 g/mol. The molecule has 2 rings (SSSR count). The van der Waals surface area contributed by atoms with E-state index in [0.29, 0.717) is 5.41 Å². The fourth-order valence-electron chi connectivity index (χ4n) is 2.99. The van der Waals surface area contributed by atoms with Crippen molar-refractivity contribution in [3.05, 3.63) is 0 Å². The van der Waals surface area contributed by atoms with Crippen LogP contribution in [0.4, 0.5) is 0 Å². The standard InChI is InChI=1S/C17H33N3O/c1-4-18-16(20-11-6-15(3)7-12-20)19-14-17(8-9-17)10-13-21-5-2/h15H,4-14H2,1-3H3,(H,18,19). The third-order valence-corrected chi connectivity index (χ3v) is 4.92. The Balaban J connectivity index is 1.85. The number of ether oxygens (including phenoxy) is 1. The van der Waals surface area contributed by atoms with E-state index in [1.807, 2.05) is 0 Å². The molecule has 0 bridgehead atoms. The minimum Gasteiger partial charge on any atom is -0.382 e. The second-order valence-corrected chi connectivity index (χ2v) is 6.79. The Bertz CT molecular complexity index is 331. The molecule has 4 nitrogen and oxygen atoms in total. The van der Waals surface area contributed by atoms with Gasteiger partial charge in [-0.3, -0.25) is 4.99 Å². The first-order valence-electron chi connectivity index (χ1n) is 8.80. The molecule has 1 heterocycles. The van der Waals surface area contributed by atoms with Crippen molar-refractivity contribution >= 4 is 5.96 Å². The molecule has 0 aromatic carbocycles. The van der Waals surface area contributed by atoms with Crippen LogP contribution in [0.3, 0.4) is 0 Å². The van der Waals surface area contributed by atoms with Gasteiger partial charge < -0.3 is 15.0 Å². The third kappa shape index (κ3) is 5.17. The molecular formula is C17H33N3O. The monoisotopic (exact) mass is 295 g/mol. The largest absolute Gasteiger partial charge is 0.382 e. The minimum absolute atomic E-state index is 0.443. The van der Waals surface area contributed by atoms with Gasteiger partial charge in [0.15, 0.2) is 5.96 Å².